The normalized spacial score (nSPS) is 10.0. The van der Waals surface area contributed by atoms with Gasteiger partial charge in [0.05, 0.1) is 7.11 Å². The van der Waals surface area contributed by atoms with Crippen molar-refractivity contribution in [1.82, 2.24) is 0 Å². The third-order valence-electron chi connectivity index (χ3n) is 2.70. The molecule has 0 saturated heterocycles. The van der Waals surface area contributed by atoms with E-state index in [1.165, 1.54) is 0 Å². The summed E-state index contributed by atoms with van der Waals surface area (Å²) in [6.07, 6.45) is 0. The van der Waals surface area contributed by atoms with Crippen LogP contribution in [0.1, 0.15) is 5.56 Å². The zero-order chi connectivity index (χ0) is 15.1. The molecule has 0 aliphatic carbocycles. The molecule has 2 aromatic carbocycles. The summed E-state index contributed by atoms with van der Waals surface area (Å²) in [6.45, 7) is 0.102. The van der Waals surface area contributed by atoms with E-state index in [1.807, 2.05) is 24.3 Å². The number of rotatable bonds is 6. The summed E-state index contributed by atoms with van der Waals surface area (Å²) in [6, 6.07) is 14.6. The largest absolute Gasteiger partial charge is 0.497 e. The van der Waals surface area contributed by atoms with Gasteiger partial charge in [0.1, 0.15) is 18.1 Å². The zero-order valence-corrected chi connectivity index (χ0v) is 13.1. The number of ether oxygens (including phenoxy) is 3. The van der Waals surface area contributed by atoms with Gasteiger partial charge in [-0.2, -0.15) is 0 Å². The van der Waals surface area contributed by atoms with Crippen molar-refractivity contribution in [1.29, 1.82) is 0 Å². The lowest BCUT2D eigenvalue weighted by Crippen LogP contribution is -2.14. The van der Waals surface area contributed by atoms with Crippen LogP contribution in [0.25, 0.3) is 0 Å². The van der Waals surface area contributed by atoms with E-state index >= 15 is 0 Å². The van der Waals surface area contributed by atoms with Crippen LogP contribution in [-0.2, 0) is 16.1 Å². The average Bonchev–Trinajstić information content (AvgIpc) is 2.51. The van der Waals surface area contributed by atoms with Crippen molar-refractivity contribution in [3.63, 3.8) is 0 Å². The molecule has 0 N–H and O–H groups in total. The molecule has 0 bridgehead atoms. The van der Waals surface area contributed by atoms with E-state index in [4.69, 9.17) is 14.2 Å². The lowest BCUT2D eigenvalue weighted by Gasteiger charge is -2.08. The third-order valence-corrected chi connectivity index (χ3v) is 3.20. The highest BCUT2D eigenvalue weighted by Gasteiger charge is 2.05. The van der Waals surface area contributed by atoms with Gasteiger partial charge in [0, 0.05) is 4.47 Å². The summed E-state index contributed by atoms with van der Waals surface area (Å²) in [5.74, 6) is 0.917. The van der Waals surface area contributed by atoms with Crippen LogP contribution in [0.2, 0.25) is 0 Å². The van der Waals surface area contributed by atoms with E-state index in [-0.39, 0.29) is 13.2 Å². The maximum atomic E-state index is 11.6. The van der Waals surface area contributed by atoms with Crippen LogP contribution in [0, 0.1) is 0 Å². The number of hydrogen-bond acceptors (Lipinski definition) is 4. The minimum Gasteiger partial charge on any atom is -0.497 e. The first-order valence-corrected chi connectivity index (χ1v) is 7.13. The number of carbonyl (C=O) groups excluding carboxylic acids is 1. The van der Waals surface area contributed by atoms with E-state index in [1.54, 1.807) is 31.4 Å². The van der Waals surface area contributed by atoms with E-state index in [0.717, 1.165) is 15.8 Å². The van der Waals surface area contributed by atoms with Gasteiger partial charge in [0.15, 0.2) is 6.61 Å². The molecule has 5 heteroatoms. The molecule has 0 saturated carbocycles. The van der Waals surface area contributed by atoms with Crippen molar-refractivity contribution in [2.45, 2.75) is 6.61 Å². The summed E-state index contributed by atoms with van der Waals surface area (Å²) in [7, 11) is 1.59. The number of hydrogen-bond donors (Lipinski definition) is 0. The lowest BCUT2D eigenvalue weighted by atomic mass is 10.2. The quantitative estimate of drug-likeness (QED) is 0.747. The van der Waals surface area contributed by atoms with E-state index in [9.17, 15) is 4.79 Å². The van der Waals surface area contributed by atoms with Crippen molar-refractivity contribution < 1.29 is 19.0 Å². The molecule has 0 heterocycles. The molecule has 0 aliphatic rings. The highest BCUT2D eigenvalue weighted by Crippen LogP contribution is 2.17. The molecular weight excluding hydrogens is 336 g/mol. The second-order valence-electron chi connectivity index (χ2n) is 4.25. The fourth-order valence-corrected chi connectivity index (χ4v) is 2.09. The fraction of sp³-hybridized carbons (Fsp3) is 0.188. The van der Waals surface area contributed by atoms with Crippen LogP contribution >= 0.6 is 15.9 Å². The van der Waals surface area contributed by atoms with Crippen LogP contribution in [-0.4, -0.2) is 19.7 Å². The number of methoxy groups -OCH3 is 1. The monoisotopic (exact) mass is 350 g/mol. The third kappa shape index (κ3) is 5.11. The highest BCUT2D eigenvalue weighted by molar-refractivity contribution is 9.10. The van der Waals surface area contributed by atoms with Gasteiger partial charge in [-0.25, -0.2) is 4.79 Å². The first kappa shape index (κ1) is 15.4. The highest BCUT2D eigenvalue weighted by atomic mass is 79.9. The standard InChI is InChI=1S/C16H15BrO4/c1-19-14-5-7-15(8-6-14)20-11-16(18)21-10-12-3-2-4-13(17)9-12/h2-9H,10-11H2,1H3. The smallest absolute Gasteiger partial charge is 0.344 e. The van der Waals surface area contributed by atoms with Gasteiger partial charge in [0.2, 0.25) is 0 Å². The van der Waals surface area contributed by atoms with Gasteiger partial charge >= 0.3 is 5.97 Å². The maximum absolute atomic E-state index is 11.6. The maximum Gasteiger partial charge on any atom is 0.344 e. The molecule has 0 spiro atoms. The molecule has 2 aromatic rings. The molecule has 0 fully saturated rings. The fourth-order valence-electron chi connectivity index (χ4n) is 1.65. The Kier molecular flexibility index (Phi) is 5.63. The Hall–Kier alpha value is -2.01. The van der Waals surface area contributed by atoms with Crippen LogP contribution in [0.3, 0.4) is 0 Å². The Bertz CT molecular complexity index is 595. The van der Waals surface area contributed by atoms with Crippen LogP contribution in [0.4, 0.5) is 0 Å². The Morgan fingerprint density at radius 3 is 2.48 bits per heavy atom. The van der Waals surface area contributed by atoms with E-state index in [0.29, 0.717) is 5.75 Å². The number of carbonyl (C=O) groups is 1. The first-order valence-electron chi connectivity index (χ1n) is 6.34. The minimum absolute atomic E-state index is 0.125. The van der Waals surface area contributed by atoms with Crippen LogP contribution in [0.15, 0.2) is 53.0 Å². The molecule has 0 atom stereocenters. The summed E-state index contributed by atoms with van der Waals surface area (Å²) in [5, 5.41) is 0. The van der Waals surface area contributed by atoms with Gasteiger partial charge in [-0.05, 0) is 42.0 Å². The van der Waals surface area contributed by atoms with Crippen LogP contribution < -0.4 is 9.47 Å². The van der Waals surface area contributed by atoms with Crippen molar-refractivity contribution in [3.05, 3.63) is 58.6 Å². The van der Waals surface area contributed by atoms with Crippen molar-refractivity contribution in [2.24, 2.45) is 0 Å². The average molecular weight is 351 g/mol. The van der Waals surface area contributed by atoms with Gasteiger partial charge in [-0.15, -0.1) is 0 Å². The van der Waals surface area contributed by atoms with Crippen molar-refractivity contribution >= 4 is 21.9 Å². The summed E-state index contributed by atoms with van der Waals surface area (Å²) < 4.78 is 16.5. The molecule has 21 heavy (non-hydrogen) atoms. The molecule has 0 amide bonds. The minimum atomic E-state index is -0.411. The molecule has 110 valence electrons. The van der Waals surface area contributed by atoms with Gasteiger partial charge in [0.25, 0.3) is 0 Å². The second-order valence-corrected chi connectivity index (χ2v) is 5.17. The summed E-state index contributed by atoms with van der Waals surface area (Å²) in [4.78, 5) is 11.6. The SMILES string of the molecule is COc1ccc(OCC(=O)OCc2cccc(Br)c2)cc1. The summed E-state index contributed by atoms with van der Waals surface area (Å²) in [5.41, 5.74) is 0.919. The van der Waals surface area contributed by atoms with Gasteiger partial charge < -0.3 is 14.2 Å². The summed E-state index contributed by atoms with van der Waals surface area (Å²) >= 11 is 3.37. The topological polar surface area (TPSA) is 44.8 Å². The Morgan fingerprint density at radius 1 is 1.10 bits per heavy atom. The number of benzene rings is 2. The molecule has 4 nitrogen and oxygen atoms in total. The van der Waals surface area contributed by atoms with Crippen molar-refractivity contribution in [3.8, 4) is 11.5 Å². The first-order chi connectivity index (χ1) is 10.2. The predicted molar refractivity (Wildman–Crippen MR) is 82.4 cm³/mol. The van der Waals surface area contributed by atoms with Crippen molar-refractivity contribution in [2.75, 3.05) is 13.7 Å². The molecule has 0 radical (unpaired) electrons. The molecule has 0 unspecified atom stereocenters. The van der Waals surface area contributed by atoms with E-state index < -0.39 is 5.97 Å². The number of esters is 1. The Balaban J connectivity index is 1.76. The van der Waals surface area contributed by atoms with Gasteiger partial charge in [-0.3, -0.25) is 0 Å². The predicted octanol–water partition coefficient (Wildman–Crippen LogP) is 3.58. The lowest BCUT2D eigenvalue weighted by molar-refractivity contribution is -0.147. The van der Waals surface area contributed by atoms with Gasteiger partial charge in [-0.1, -0.05) is 28.1 Å². The number of halogens is 1. The zero-order valence-electron chi connectivity index (χ0n) is 11.5. The molecule has 0 aliphatic heterocycles. The molecule has 2 rings (SSSR count). The van der Waals surface area contributed by atoms with E-state index in [2.05, 4.69) is 15.9 Å². The van der Waals surface area contributed by atoms with Crippen LogP contribution in [0.5, 0.6) is 11.5 Å². The molecular formula is C16H15BrO4. The Morgan fingerprint density at radius 2 is 1.81 bits per heavy atom. The Labute approximate surface area is 131 Å². The second kappa shape index (κ2) is 7.69. The molecule has 0 aromatic heterocycles.